The molecule has 0 bridgehead atoms. The number of ketones is 1. The highest BCUT2D eigenvalue weighted by atomic mass is 35.5. The molecular weight excluding hydrogens is 499 g/mol. The summed E-state index contributed by atoms with van der Waals surface area (Å²) in [4.78, 5) is 25.5. The Hall–Kier alpha value is -2.91. The first-order valence-corrected chi connectivity index (χ1v) is 12.4. The second-order valence-corrected chi connectivity index (χ2v) is 10.1. The van der Waals surface area contributed by atoms with Crippen LogP contribution in [0.5, 0.6) is 5.75 Å². The molecule has 0 saturated heterocycles. The van der Waals surface area contributed by atoms with Gasteiger partial charge in [0.05, 0.1) is 28.8 Å². The van der Waals surface area contributed by atoms with Gasteiger partial charge in [0.15, 0.2) is 5.78 Å². The third kappa shape index (κ3) is 5.95. The fraction of sp³-hybridized carbons (Fsp3) is 0.167. The van der Waals surface area contributed by atoms with E-state index in [4.69, 9.17) is 27.9 Å². The number of rotatable bonds is 9. The first-order chi connectivity index (χ1) is 16.1. The van der Waals surface area contributed by atoms with Crippen molar-refractivity contribution in [3.8, 4) is 5.75 Å². The molecule has 3 aromatic rings. The van der Waals surface area contributed by atoms with Gasteiger partial charge in [0, 0.05) is 23.2 Å². The molecule has 0 spiro atoms. The number of anilines is 1. The summed E-state index contributed by atoms with van der Waals surface area (Å²) in [5, 5.41) is 3.08. The van der Waals surface area contributed by atoms with E-state index in [1.807, 2.05) is 0 Å². The maximum Gasteiger partial charge on any atom is 0.243 e. The van der Waals surface area contributed by atoms with Gasteiger partial charge in [-0.15, -0.1) is 0 Å². The van der Waals surface area contributed by atoms with Gasteiger partial charge in [0.1, 0.15) is 5.75 Å². The van der Waals surface area contributed by atoms with Crippen LogP contribution in [0.4, 0.5) is 5.69 Å². The van der Waals surface area contributed by atoms with E-state index < -0.39 is 22.5 Å². The Morgan fingerprint density at radius 3 is 2.35 bits per heavy atom. The van der Waals surface area contributed by atoms with Crippen molar-refractivity contribution in [2.75, 3.05) is 25.5 Å². The molecular formula is C24H22Cl2N2O5S. The lowest BCUT2D eigenvalue weighted by atomic mass is 10.0. The number of hydrogen-bond donors (Lipinski definition) is 1. The molecule has 0 aliphatic carbocycles. The smallest absolute Gasteiger partial charge is 0.243 e. The van der Waals surface area contributed by atoms with Crippen LogP contribution in [0.15, 0.2) is 71.6 Å². The molecule has 178 valence electrons. The molecule has 3 rings (SSSR count). The minimum Gasteiger partial charge on any atom is -0.492 e. The molecule has 0 unspecified atom stereocenters. The molecule has 0 saturated carbocycles. The number of nitrogens with zero attached hydrogens (tertiary/aromatic N) is 1. The van der Waals surface area contributed by atoms with Gasteiger partial charge < -0.3 is 10.1 Å². The summed E-state index contributed by atoms with van der Waals surface area (Å²) in [5.41, 5.74) is 0.835. The number of benzene rings is 3. The average Bonchev–Trinajstić information content (AvgIpc) is 2.81. The second kappa shape index (κ2) is 11.0. The van der Waals surface area contributed by atoms with Gasteiger partial charge in [0.25, 0.3) is 0 Å². The maximum absolute atomic E-state index is 12.9. The van der Waals surface area contributed by atoms with Crippen LogP contribution in [-0.4, -0.2) is 44.6 Å². The predicted molar refractivity (Wildman–Crippen MR) is 132 cm³/mol. The number of halogens is 2. The molecule has 0 heterocycles. The van der Waals surface area contributed by atoms with Gasteiger partial charge in [-0.25, -0.2) is 8.42 Å². The Kier molecular flexibility index (Phi) is 8.33. The van der Waals surface area contributed by atoms with Gasteiger partial charge in [-0.2, -0.15) is 4.31 Å². The number of hydrogen-bond acceptors (Lipinski definition) is 5. The fourth-order valence-corrected chi connectivity index (χ4v) is 4.76. The molecule has 7 nitrogen and oxygen atoms in total. The third-order valence-electron chi connectivity index (χ3n) is 4.81. The largest absolute Gasteiger partial charge is 0.492 e. The Morgan fingerprint density at radius 2 is 1.71 bits per heavy atom. The Morgan fingerprint density at radius 1 is 1.00 bits per heavy atom. The summed E-state index contributed by atoms with van der Waals surface area (Å²) in [7, 11) is -2.74. The number of likely N-dealkylation sites (N-methyl/N-ethyl adjacent to an activating group) is 1. The van der Waals surface area contributed by atoms with Gasteiger partial charge in [-0.1, -0.05) is 53.5 Å². The van der Waals surface area contributed by atoms with Crippen LogP contribution in [0.3, 0.4) is 0 Å². The van der Waals surface area contributed by atoms with E-state index in [1.165, 1.54) is 43.4 Å². The Balaban J connectivity index is 1.78. The quantitative estimate of drug-likeness (QED) is 0.405. The molecule has 0 aromatic heterocycles. The van der Waals surface area contributed by atoms with Crippen molar-refractivity contribution in [2.45, 2.75) is 11.8 Å². The van der Waals surface area contributed by atoms with E-state index >= 15 is 0 Å². The predicted octanol–water partition coefficient (Wildman–Crippen LogP) is 4.88. The SMILES string of the molecule is CCOc1ccc(S(=O)(=O)N(C)CC(=O)Nc2ccc(Cl)cc2C(=O)c2ccccc2)cc1Cl. The summed E-state index contributed by atoms with van der Waals surface area (Å²) in [6.45, 7) is 1.67. The summed E-state index contributed by atoms with van der Waals surface area (Å²) in [6.07, 6.45) is 0. The number of nitrogens with one attached hydrogen (secondary N) is 1. The van der Waals surface area contributed by atoms with Crippen molar-refractivity contribution in [2.24, 2.45) is 0 Å². The lowest BCUT2D eigenvalue weighted by Crippen LogP contribution is -2.35. The molecule has 0 aliphatic heterocycles. The normalized spacial score (nSPS) is 11.3. The fourth-order valence-electron chi connectivity index (χ4n) is 3.13. The van der Waals surface area contributed by atoms with Crippen LogP contribution in [0.1, 0.15) is 22.8 Å². The zero-order valence-electron chi connectivity index (χ0n) is 18.4. The molecule has 0 atom stereocenters. The second-order valence-electron chi connectivity index (χ2n) is 7.22. The molecule has 0 aliphatic rings. The Labute approximate surface area is 208 Å². The lowest BCUT2D eigenvalue weighted by molar-refractivity contribution is -0.116. The van der Waals surface area contributed by atoms with E-state index in [0.717, 1.165) is 4.31 Å². The minimum absolute atomic E-state index is 0.0808. The van der Waals surface area contributed by atoms with Gasteiger partial charge in [-0.05, 0) is 43.3 Å². The van der Waals surface area contributed by atoms with E-state index in [9.17, 15) is 18.0 Å². The highest BCUT2D eigenvalue weighted by Gasteiger charge is 2.25. The maximum atomic E-state index is 12.9. The number of ether oxygens (including phenoxy) is 1. The van der Waals surface area contributed by atoms with Crippen LogP contribution in [0, 0.1) is 0 Å². The molecule has 10 heteroatoms. The molecule has 0 radical (unpaired) electrons. The summed E-state index contributed by atoms with van der Waals surface area (Å²) in [6, 6.07) is 17.1. The average molecular weight is 521 g/mol. The summed E-state index contributed by atoms with van der Waals surface area (Å²) in [5.74, 6) is -0.599. The summed E-state index contributed by atoms with van der Waals surface area (Å²) < 4.78 is 32.1. The molecule has 3 aromatic carbocycles. The van der Waals surface area contributed by atoms with Crippen molar-refractivity contribution in [1.82, 2.24) is 4.31 Å². The van der Waals surface area contributed by atoms with E-state index in [-0.39, 0.29) is 27.0 Å². The number of amides is 1. The Bertz CT molecular complexity index is 1310. The molecule has 1 N–H and O–H groups in total. The van der Waals surface area contributed by atoms with Gasteiger partial charge >= 0.3 is 0 Å². The van der Waals surface area contributed by atoms with E-state index in [1.54, 1.807) is 37.3 Å². The van der Waals surface area contributed by atoms with Crippen LogP contribution in [0.2, 0.25) is 10.0 Å². The number of carbonyl (C=O) groups excluding carboxylic acids is 2. The first kappa shape index (κ1) is 25.7. The topological polar surface area (TPSA) is 92.8 Å². The van der Waals surface area contributed by atoms with Crippen LogP contribution in [-0.2, 0) is 14.8 Å². The van der Waals surface area contributed by atoms with Crippen molar-refractivity contribution in [1.29, 1.82) is 0 Å². The highest BCUT2D eigenvalue weighted by molar-refractivity contribution is 7.89. The van der Waals surface area contributed by atoms with Crippen molar-refractivity contribution < 1.29 is 22.7 Å². The summed E-state index contributed by atoms with van der Waals surface area (Å²) >= 11 is 12.2. The highest BCUT2D eigenvalue weighted by Crippen LogP contribution is 2.29. The van der Waals surface area contributed by atoms with Crippen molar-refractivity contribution >= 4 is 50.6 Å². The zero-order valence-corrected chi connectivity index (χ0v) is 20.7. The zero-order chi connectivity index (χ0) is 24.9. The monoisotopic (exact) mass is 520 g/mol. The van der Waals surface area contributed by atoms with Crippen LogP contribution >= 0.6 is 23.2 Å². The molecule has 0 fully saturated rings. The van der Waals surface area contributed by atoms with Gasteiger partial charge in [-0.3, -0.25) is 9.59 Å². The van der Waals surface area contributed by atoms with Crippen LogP contribution in [0.25, 0.3) is 0 Å². The van der Waals surface area contributed by atoms with Crippen molar-refractivity contribution in [3.63, 3.8) is 0 Å². The van der Waals surface area contributed by atoms with E-state index in [2.05, 4.69) is 5.32 Å². The lowest BCUT2D eigenvalue weighted by Gasteiger charge is -2.18. The number of carbonyl (C=O) groups is 2. The number of sulfonamides is 1. The van der Waals surface area contributed by atoms with Crippen LogP contribution < -0.4 is 10.1 Å². The molecule has 34 heavy (non-hydrogen) atoms. The van der Waals surface area contributed by atoms with Gasteiger partial charge in [0.2, 0.25) is 15.9 Å². The van der Waals surface area contributed by atoms with Crippen molar-refractivity contribution in [3.05, 3.63) is 87.9 Å². The standard InChI is InChI=1S/C24H22Cl2N2O5S/c1-3-33-22-12-10-18(14-20(22)26)34(31,32)28(2)15-23(29)27-21-11-9-17(25)13-19(21)24(30)16-7-5-4-6-8-16/h4-14H,3,15H2,1-2H3,(H,27,29). The van der Waals surface area contributed by atoms with E-state index in [0.29, 0.717) is 22.9 Å². The third-order valence-corrected chi connectivity index (χ3v) is 7.14. The first-order valence-electron chi connectivity index (χ1n) is 10.2. The molecule has 1 amide bonds. The minimum atomic E-state index is -4.01.